The first-order chi connectivity index (χ1) is 9.38. The van der Waals surface area contributed by atoms with Crippen LogP contribution in [0.5, 0.6) is 0 Å². The van der Waals surface area contributed by atoms with Gasteiger partial charge in [0, 0.05) is 0 Å². The Bertz CT molecular complexity index is 365. The van der Waals surface area contributed by atoms with Crippen LogP contribution in [0.2, 0.25) is 0 Å². The van der Waals surface area contributed by atoms with E-state index in [9.17, 15) is 0 Å². The molecule has 0 aliphatic heterocycles. The van der Waals surface area contributed by atoms with Crippen LogP contribution in [0.15, 0.2) is 48.5 Å². The molecule has 1 N–H and O–H groups in total. The fourth-order valence-corrected chi connectivity index (χ4v) is 1.86. The van der Waals surface area contributed by atoms with Gasteiger partial charge in [-0.15, -0.1) is 0 Å². The van der Waals surface area contributed by atoms with Crippen molar-refractivity contribution in [2.24, 2.45) is 0 Å². The highest BCUT2D eigenvalue weighted by Crippen LogP contribution is 2.11. The normalized spacial score (nSPS) is 10.0. The number of hydrogen-bond acceptors (Lipinski definition) is 1. The van der Waals surface area contributed by atoms with Crippen molar-refractivity contribution in [2.45, 2.75) is 39.5 Å². The summed E-state index contributed by atoms with van der Waals surface area (Å²) >= 11 is 0. The third-order valence-corrected chi connectivity index (χ3v) is 3.07. The van der Waals surface area contributed by atoms with Crippen LogP contribution in [0.1, 0.15) is 39.5 Å². The number of hydrogen-bond donors (Lipinski definition) is 1. The van der Waals surface area contributed by atoms with Crippen LogP contribution in [-0.2, 0) is 0 Å². The van der Waals surface area contributed by atoms with Crippen LogP contribution in [0.3, 0.4) is 0 Å². The fraction of sp³-hybridized carbons (Fsp3) is 0.444. The van der Waals surface area contributed by atoms with Gasteiger partial charge in [0.15, 0.2) is 0 Å². The first kappa shape index (κ1) is 15.7. The predicted octanol–water partition coefficient (Wildman–Crippen LogP) is 5.02. The van der Waals surface area contributed by atoms with Crippen molar-refractivity contribution < 1.29 is 0 Å². The van der Waals surface area contributed by atoms with Gasteiger partial charge in [-0.25, -0.2) is 0 Å². The lowest BCUT2D eigenvalue weighted by Crippen LogP contribution is -2.15. The Morgan fingerprint density at radius 1 is 0.684 bits per heavy atom. The molecule has 2 aromatic carbocycles. The molecule has 0 aliphatic rings. The van der Waals surface area contributed by atoms with E-state index in [-0.39, 0.29) is 0 Å². The maximum atomic E-state index is 3.39. The number of nitrogens with one attached hydrogen (secondary N) is 1. The van der Waals surface area contributed by atoms with Crippen LogP contribution in [0.4, 0.5) is 0 Å². The van der Waals surface area contributed by atoms with E-state index in [0.717, 1.165) is 0 Å². The van der Waals surface area contributed by atoms with Gasteiger partial charge in [-0.2, -0.15) is 0 Å². The lowest BCUT2D eigenvalue weighted by molar-refractivity contribution is 0.611. The Morgan fingerprint density at radius 2 is 1.05 bits per heavy atom. The average molecular weight is 257 g/mol. The molecule has 0 aromatic heterocycles. The molecule has 0 spiro atoms. The quantitative estimate of drug-likeness (QED) is 0.717. The molecular weight excluding hydrogens is 230 g/mol. The summed E-state index contributed by atoms with van der Waals surface area (Å²) in [5, 5.41) is 6.01. The lowest BCUT2D eigenvalue weighted by Gasteiger charge is -1.99. The lowest BCUT2D eigenvalue weighted by atomic mass is 10.1. The summed E-state index contributed by atoms with van der Waals surface area (Å²) in [7, 11) is 0. The number of unbranched alkanes of at least 4 members (excludes halogenated alkanes) is 2. The monoisotopic (exact) mass is 257 g/mol. The molecule has 0 bridgehead atoms. The highest BCUT2D eigenvalue weighted by atomic mass is 14.8. The van der Waals surface area contributed by atoms with E-state index in [1.807, 2.05) is 0 Å². The van der Waals surface area contributed by atoms with Crippen molar-refractivity contribution in [1.29, 1.82) is 0 Å². The smallest absolute Gasteiger partial charge is 0.00490 e. The van der Waals surface area contributed by atoms with Gasteiger partial charge in [0.2, 0.25) is 0 Å². The van der Waals surface area contributed by atoms with Gasteiger partial charge in [0.05, 0.1) is 0 Å². The summed E-state index contributed by atoms with van der Waals surface area (Å²) in [4.78, 5) is 0. The standard InChI is InChI=1S/C10H8.C8H19N/c1-2-6-10-8-4-3-7-9(10)5-1;1-3-5-7-9-8-6-4-2/h1-8H;9H,3-8H2,1-2H3. The first-order valence-electron chi connectivity index (χ1n) is 7.53. The van der Waals surface area contributed by atoms with E-state index in [1.54, 1.807) is 0 Å². The largest absolute Gasteiger partial charge is 0.317 e. The first-order valence-corrected chi connectivity index (χ1v) is 7.53. The van der Waals surface area contributed by atoms with Crippen molar-refractivity contribution >= 4 is 10.8 Å². The van der Waals surface area contributed by atoms with E-state index < -0.39 is 0 Å². The molecule has 0 unspecified atom stereocenters. The Labute approximate surface area is 118 Å². The van der Waals surface area contributed by atoms with Crippen LogP contribution in [0.25, 0.3) is 10.8 Å². The molecule has 2 rings (SSSR count). The summed E-state index contributed by atoms with van der Waals surface area (Å²) in [6, 6.07) is 16.7. The molecule has 0 heterocycles. The minimum Gasteiger partial charge on any atom is -0.317 e. The molecule has 1 nitrogen and oxygen atoms in total. The molecule has 0 fully saturated rings. The summed E-state index contributed by atoms with van der Waals surface area (Å²) in [6.07, 6.45) is 5.26. The topological polar surface area (TPSA) is 12.0 Å². The molecule has 0 radical (unpaired) electrons. The van der Waals surface area contributed by atoms with Crippen LogP contribution in [-0.4, -0.2) is 13.1 Å². The summed E-state index contributed by atoms with van der Waals surface area (Å²) < 4.78 is 0. The van der Waals surface area contributed by atoms with Gasteiger partial charge < -0.3 is 5.32 Å². The highest BCUT2D eigenvalue weighted by Gasteiger charge is 1.85. The molecule has 0 saturated heterocycles. The highest BCUT2D eigenvalue weighted by molar-refractivity contribution is 5.81. The van der Waals surface area contributed by atoms with Crippen molar-refractivity contribution in [1.82, 2.24) is 5.32 Å². The Kier molecular flexibility index (Phi) is 8.74. The molecule has 104 valence electrons. The van der Waals surface area contributed by atoms with Gasteiger partial charge in [0.1, 0.15) is 0 Å². The molecule has 0 amide bonds. The molecular formula is C18H27N. The SMILES string of the molecule is CCCCNCCCC.c1ccc2ccccc2c1. The molecule has 0 atom stereocenters. The Balaban J connectivity index is 0.000000192. The zero-order valence-electron chi connectivity index (χ0n) is 12.4. The van der Waals surface area contributed by atoms with Gasteiger partial charge in [-0.3, -0.25) is 0 Å². The van der Waals surface area contributed by atoms with E-state index >= 15 is 0 Å². The predicted molar refractivity (Wildman–Crippen MR) is 86.6 cm³/mol. The molecule has 2 aromatic rings. The van der Waals surface area contributed by atoms with Gasteiger partial charge in [-0.1, -0.05) is 75.2 Å². The van der Waals surface area contributed by atoms with Crippen LogP contribution >= 0.6 is 0 Å². The summed E-state index contributed by atoms with van der Waals surface area (Å²) in [5.41, 5.74) is 0. The average Bonchev–Trinajstić information content (AvgIpc) is 2.48. The van der Waals surface area contributed by atoms with Crippen molar-refractivity contribution in [2.75, 3.05) is 13.1 Å². The van der Waals surface area contributed by atoms with Gasteiger partial charge >= 0.3 is 0 Å². The number of benzene rings is 2. The zero-order valence-corrected chi connectivity index (χ0v) is 12.4. The van der Waals surface area contributed by atoms with Gasteiger partial charge in [0.25, 0.3) is 0 Å². The van der Waals surface area contributed by atoms with E-state index in [0.29, 0.717) is 0 Å². The second-order valence-electron chi connectivity index (χ2n) is 4.80. The molecule has 0 aliphatic carbocycles. The third-order valence-electron chi connectivity index (χ3n) is 3.07. The minimum atomic E-state index is 1.20. The van der Waals surface area contributed by atoms with E-state index in [4.69, 9.17) is 0 Å². The van der Waals surface area contributed by atoms with Gasteiger partial charge in [-0.05, 0) is 36.7 Å². The second-order valence-corrected chi connectivity index (χ2v) is 4.80. The zero-order chi connectivity index (χ0) is 13.8. The third kappa shape index (κ3) is 6.97. The number of rotatable bonds is 6. The maximum Gasteiger partial charge on any atom is -0.00490 e. The Hall–Kier alpha value is -1.34. The van der Waals surface area contributed by atoms with Crippen LogP contribution < -0.4 is 5.32 Å². The minimum absolute atomic E-state index is 1.20. The van der Waals surface area contributed by atoms with Crippen molar-refractivity contribution in [3.63, 3.8) is 0 Å². The van der Waals surface area contributed by atoms with Crippen LogP contribution in [0, 0.1) is 0 Å². The summed E-state index contributed by atoms with van der Waals surface area (Å²) in [5.74, 6) is 0. The fourth-order valence-electron chi connectivity index (χ4n) is 1.86. The molecule has 0 saturated carbocycles. The maximum absolute atomic E-state index is 3.39. The number of fused-ring (bicyclic) bond motifs is 1. The second kappa shape index (κ2) is 10.6. The van der Waals surface area contributed by atoms with E-state index in [2.05, 4.69) is 67.7 Å². The Morgan fingerprint density at radius 3 is 1.37 bits per heavy atom. The molecule has 1 heteroatoms. The van der Waals surface area contributed by atoms with E-state index in [1.165, 1.54) is 49.5 Å². The van der Waals surface area contributed by atoms with Crippen molar-refractivity contribution in [3.8, 4) is 0 Å². The van der Waals surface area contributed by atoms with Crippen molar-refractivity contribution in [3.05, 3.63) is 48.5 Å². The molecule has 19 heavy (non-hydrogen) atoms. The summed E-state index contributed by atoms with van der Waals surface area (Å²) in [6.45, 7) is 6.86.